The van der Waals surface area contributed by atoms with Gasteiger partial charge in [-0.15, -0.1) is 0 Å². The summed E-state index contributed by atoms with van der Waals surface area (Å²) in [6.07, 6.45) is 0. The summed E-state index contributed by atoms with van der Waals surface area (Å²) >= 11 is 5.87. The first kappa shape index (κ1) is 12.6. The zero-order valence-corrected chi connectivity index (χ0v) is 11.0. The Labute approximate surface area is 119 Å². The van der Waals surface area contributed by atoms with Crippen LogP contribution in [0.1, 0.15) is 0 Å². The van der Waals surface area contributed by atoms with E-state index in [0.29, 0.717) is 33.5 Å². The number of halogens is 2. The third-order valence-electron chi connectivity index (χ3n) is 2.87. The Bertz CT molecular complexity index is 769. The molecule has 1 aromatic heterocycles. The van der Waals surface area contributed by atoms with Crippen molar-refractivity contribution in [1.29, 1.82) is 0 Å². The predicted molar refractivity (Wildman–Crippen MR) is 76.6 cm³/mol. The van der Waals surface area contributed by atoms with E-state index < -0.39 is 0 Å². The Balaban J connectivity index is 2.02. The Morgan fingerprint density at radius 2 is 1.95 bits per heavy atom. The van der Waals surface area contributed by atoms with Gasteiger partial charge in [-0.3, -0.25) is 5.10 Å². The van der Waals surface area contributed by atoms with Gasteiger partial charge in [0.05, 0.1) is 16.3 Å². The van der Waals surface area contributed by atoms with Gasteiger partial charge in [0.25, 0.3) is 0 Å². The third-order valence-corrected chi connectivity index (χ3v) is 3.21. The van der Waals surface area contributed by atoms with Gasteiger partial charge in [0, 0.05) is 5.56 Å². The van der Waals surface area contributed by atoms with Crippen molar-refractivity contribution in [1.82, 2.24) is 15.2 Å². The minimum atomic E-state index is -0.356. The monoisotopic (exact) mass is 288 g/mol. The molecule has 0 unspecified atom stereocenters. The van der Waals surface area contributed by atoms with Crippen LogP contribution in [-0.4, -0.2) is 15.2 Å². The fraction of sp³-hybridized carbons (Fsp3) is 0. The first-order valence-corrected chi connectivity index (χ1v) is 6.25. The van der Waals surface area contributed by atoms with E-state index in [1.165, 1.54) is 6.07 Å². The molecule has 0 bridgehead atoms. The number of benzene rings is 2. The first-order valence-electron chi connectivity index (χ1n) is 5.88. The summed E-state index contributed by atoms with van der Waals surface area (Å²) in [5, 5.41) is 7.26. The number of aromatic nitrogens is 3. The summed E-state index contributed by atoms with van der Waals surface area (Å²) < 4.78 is 13.7. The summed E-state index contributed by atoms with van der Waals surface area (Å²) in [4.78, 5) is 4.28. The smallest absolute Gasteiger partial charge is 0.181 e. The van der Waals surface area contributed by atoms with Crippen LogP contribution in [-0.2, 0) is 0 Å². The largest absolute Gasteiger partial charge is 0.398 e. The molecule has 0 amide bonds. The van der Waals surface area contributed by atoms with Gasteiger partial charge in [0.1, 0.15) is 5.82 Å². The highest BCUT2D eigenvalue weighted by Crippen LogP contribution is 2.26. The quantitative estimate of drug-likeness (QED) is 0.709. The maximum Gasteiger partial charge on any atom is 0.181 e. The zero-order chi connectivity index (χ0) is 14.1. The highest BCUT2D eigenvalue weighted by Gasteiger charge is 2.11. The van der Waals surface area contributed by atoms with Crippen LogP contribution in [0.2, 0.25) is 5.02 Å². The molecular weight excluding hydrogens is 279 g/mol. The molecule has 0 saturated carbocycles. The minimum Gasteiger partial charge on any atom is -0.398 e. The van der Waals surface area contributed by atoms with Crippen molar-refractivity contribution >= 4 is 17.3 Å². The number of nitrogens with two attached hydrogens (primary N) is 1. The van der Waals surface area contributed by atoms with Crippen LogP contribution < -0.4 is 5.73 Å². The van der Waals surface area contributed by atoms with Gasteiger partial charge < -0.3 is 5.73 Å². The molecule has 0 fully saturated rings. The van der Waals surface area contributed by atoms with Crippen molar-refractivity contribution in [3.63, 3.8) is 0 Å². The number of hydrogen-bond donors (Lipinski definition) is 2. The van der Waals surface area contributed by atoms with Gasteiger partial charge in [-0.05, 0) is 30.3 Å². The maximum absolute atomic E-state index is 13.7. The second kappa shape index (κ2) is 4.94. The molecule has 0 aliphatic carbocycles. The summed E-state index contributed by atoms with van der Waals surface area (Å²) in [7, 11) is 0. The van der Waals surface area contributed by atoms with Crippen molar-refractivity contribution in [2.24, 2.45) is 0 Å². The summed E-state index contributed by atoms with van der Waals surface area (Å²) in [5.74, 6) is 0.448. The highest BCUT2D eigenvalue weighted by molar-refractivity contribution is 6.33. The lowest BCUT2D eigenvalue weighted by Gasteiger charge is -2.00. The Morgan fingerprint density at radius 1 is 1.15 bits per heavy atom. The van der Waals surface area contributed by atoms with Gasteiger partial charge in [-0.1, -0.05) is 23.7 Å². The number of nitrogens with zero attached hydrogens (tertiary/aromatic N) is 2. The second-order valence-electron chi connectivity index (χ2n) is 4.22. The summed E-state index contributed by atoms with van der Waals surface area (Å²) in [5.41, 5.74) is 7.27. The van der Waals surface area contributed by atoms with E-state index in [-0.39, 0.29) is 5.82 Å². The van der Waals surface area contributed by atoms with E-state index in [9.17, 15) is 4.39 Å². The molecule has 3 N–H and O–H groups in total. The molecule has 1 heterocycles. The van der Waals surface area contributed by atoms with Gasteiger partial charge >= 0.3 is 0 Å². The first-order chi connectivity index (χ1) is 9.65. The number of nitrogens with one attached hydrogen (secondary N) is 1. The predicted octanol–water partition coefficient (Wildman–Crippen LogP) is 3.51. The number of anilines is 1. The van der Waals surface area contributed by atoms with E-state index in [1.54, 1.807) is 36.4 Å². The van der Waals surface area contributed by atoms with E-state index in [2.05, 4.69) is 15.2 Å². The zero-order valence-electron chi connectivity index (χ0n) is 10.3. The normalized spacial score (nSPS) is 10.7. The molecule has 0 radical (unpaired) electrons. The molecule has 20 heavy (non-hydrogen) atoms. The standard InChI is InChI=1S/C14H10ClFN4/c15-10-6-5-8(7-12(10)17)13-18-14(20-19-13)9-3-1-2-4-11(9)16/h1-7H,17H2,(H,18,19,20). The van der Waals surface area contributed by atoms with E-state index >= 15 is 0 Å². The molecule has 0 aliphatic rings. The number of nitrogen functional groups attached to an aromatic ring is 1. The summed E-state index contributed by atoms with van der Waals surface area (Å²) in [6, 6.07) is 11.5. The molecule has 100 valence electrons. The molecule has 6 heteroatoms. The van der Waals surface area contributed by atoms with Crippen molar-refractivity contribution < 1.29 is 4.39 Å². The van der Waals surface area contributed by atoms with E-state index in [0.717, 1.165) is 0 Å². The minimum absolute atomic E-state index is 0.356. The van der Waals surface area contributed by atoms with Crippen LogP contribution in [0, 0.1) is 5.82 Å². The van der Waals surface area contributed by atoms with Crippen molar-refractivity contribution in [3.05, 3.63) is 53.3 Å². The number of hydrogen-bond acceptors (Lipinski definition) is 3. The van der Waals surface area contributed by atoms with Crippen molar-refractivity contribution in [2.45, 2.75) is 0 Å². The fourth-order valence-corrected chi connectivity index (χ4v) is 1.96. The van der Waals surface area contributed by atoms with Gasteiger partial charge in [0.15, 0.2) is 11.6 Å². The molecule has 0 saturated heterocycles. The molecule has 0 spiro atoms. The molecule has 2 aromatic carbocycles. The Kier molecular flexibility index (Phi) is 3.12. The lowest BCUT2D eigenvalue weighted by atomic mass is 10.2. The third kappa shape index (κ3) is 2.23. The van der Waals surface area contributed by atoms with Crippen LogP contribution in [0.4, 0.5) is 10.1 Å². The van der Waals surface area contributed by atoms with Crippen LogP contribution in [0.3, 0.4) is 0 Å². The molecule has 0 atom stereocenters. The van der Waals surface area contributed by atoms with Crippen LogP contribution in [0.5, 0.6) is 0 Å². The van der Waals surface area contributed by atoms with E-state index in [1.807, 2.05) is 0 Å². The number of aromatic amines is 1. The van der Waals surface area contributed by atoms with E-state index in [4.69, 9.17) is 17.3 Å². The van der Waals surface area contributed by atoms with Crippen LogP contribution in [0.25, 0.3) is 22.8 Å². The van der Waals surface area contributed by atoms with Gasteiger partial charge in [0.2, 0.25) is 0 Å². The number of H-pyrrole nitrogens is 1. The van der Waals surface area contributed by atoms with Gasteiger partial charge in [-0.2, -0.15) is 5.10 Å². The highest BCUT2D eigenvalue weighted by atomic mass is 35.5. The summed E-state index contributed by atoms with van der Waals surface area (Å²) in [6.45, 7) is 0. The van der Waals surface area contributed by atoms with Crippen LogP contribution in [0.15, 0.2) is 42.5 Å². The topological polar surface area (TPSA) is 67.6 Å². The molecular formula is C14H10ClFN4. The lowest BCUT2D eigenvalue weighted by molar-refractivity contribution is 0.630. The average molecular weight is 289 g/mol. The van der Waals surface area contributed by atoms with Crippen molar-refractivity contribution in [3.8, 4) is 22.8 Å². The Hall–Kier alpha value is -2.40. The van der Waals surface area contributed by atoms with Gasteiger partial charge in [-0.25, -0.2) is 9.37 Å². The lowest BCUT2D eigenvalue weighted by Crippen LogP contribution is -1.88. The fourth-order valence-electron chi connectivity index (χ4n) is 1.85. The van der Waals surface area contributed by atoms with Crippen LogP contribution >= 0.6 is 11.6 Å². The number of rotatable bonds is 2. The van der Waals surface area contributed by atoms with Crippen molar-refractivity contribution in [2.75, 3.05) is 5.73 Å². The SMILES string of the molecule is Nc1cc(-c2n[nH]c(-c3ccccc3F)n2)ccc1Cl. The maximum atomic E-state index is 13.7. The molecule has 4 nitrogen and oxygen atoms in total. The molecule has 3 rings (SSSR count). The molecule has 3 aromatic rings. The molecule has 0 aliphatic heterocycles. The second-order valence-corrected chi connectivity index (χ2v) is 4.63. The average Bonchev–Trinajstić information content (AvgIpc) is 2.92. The Morgan fingerprint density at radius 3 is 2.70 bits per heavy atom.